The van der Waals surface area contributed by atoms with Crippen molar-refractivity contribution >= 4 is 23.2 Å². The molecule has 2 aromatic rings. The summed E-state index contributed by atoms with van der Waals surface area (Å²) in [5, 5.41) is 3.69. The molecule has 2 rings (SSSR count). The van der Waals surface area contributed by atoms with E-state index in [-0.39, 0.29) is 6.04 Å². The number of nitrogens with one attached hydrogen (secondary N) is 1. The number of amides is 1. The standard InChI is InChI=1S/C14H17ClN4O/c1-9(2)19-8-17-7-12(19)13(14(16)20)18-11-5-3-4-10(15)6-11/h3-9,13,18H,1-2H3,(H2,16,20). The van der Waals surface area contributed by atoms with Gasteiger partial charge >= 0.3 is 0 Å². The highest BCUT2D eigenvalue weighted by Crippen LogP contribution is 2.23. The van der Waals surface area contributed by atoms with Gasteiger partial charge in [-0.2, -0.15) is 0 Å². The molecule has 0 aliphatic carbocycles. The summed E-state index contributed by atoms with van der Waals surface area (Å²) in [7, 11) is 0. The maximum atomic E-state index is 11.7. The first-order valence-electron chi connectivity index (χ1n) is 6.32. The maximum Gasteiger partial charge on any atom is 0.246 e. The lowest BCUT2D eigenvalue weighted by Crippen LogP contribution is -2.29. The van der Waals surface area contributed by atoms with Gasteiger partial charge in [0.1, 0.15) is 6.04 Å². The number of imidazole rings is 1. The normalized spacial score (nSPS) is 12.4. The van der Waals surface area contributed by atoms with E-state index >= 15 is 0 Å². The third kappa shape index (κ3) is 3.11. The van der Waals surface area contributed by atoms with Crippen LogP contribution in [0.1, 0.15) is 31.6 Å². The Hall–Kier alpha value is -2.01. The van der Waals surface area contributed by atoms with Gasteiger partial charge in [0.2, 0.25) is 5.91 Å². The highest BCUT2D eigenvalue weighted by Gasteiger charge is 2.22. The third-order valence-corrected chi connectivity index (χ3v) is 3.20. The van der Waals surface area contributed by atoms with E-state index in [4.69, 9.17) is 17.3 Å². The van der Waals surface area contributed by atoms with Gasteiger partial charge in [-0.3, -0.25) is 4.79 Å². The van der Waals surface area contributed by atoms with Crippen LogP contribution < -0.4 is 11.1 Å². The van der Waals surface area contributed by atoms with Crippen LogP contribution in [0.2, 0.25) is 5.02 Å². The zero-order valence-corrected chi connectivity index (χ0v) is 12.1. The van der Waals surface area contributed by atoms with E-state index in [0.29, 0.717) is 5.02 Å². The largest absolute Gasteiger partial charge is 0.369 e. The zero-order chi connectivity index (χ0) is 14.7. The molecule has 0 radical (unpaired) electrons. The van der Waals surface area contributed by atoms with Crippen LogP contribution in [0.25, 0.3) is 0 Å². The molecule has 1 unspecified atom stereocenters. The van der Waals surface area contributed by atoms with Crippen LogP contribution in [0.5, 0.6) is 0 Å². The highest BCUT2D eigenvalue weighted by molar-refractivity contribution is 6.30. The number of primary amides is 1. The molecule has 6 heteroatoms. The number of nitrogens with zero attached hydrogens (tertiary/aromatic N) is 2. The lowest BCUT2D eigenvalue weighted by Gasteiger charge is -2.20. The minimum Gasteiger partial charge on any atom is -0.369 e. The summed E-state index contributed by atoms with van der Waals surface area (Å²) in [6, 6.07) is 6.69. The zero-order valence-electron chi connectivity index (χ0n) is 11.4. The van der Waals surface area contributed by atoms with Crippen molar-refractivity contribution in [3.63, 3.8) is 0 Å². The van der Waals surface area contributed by atoms with E-state index in [9.17, 15) is 4.79 Å². The van der Waals surface area contributed by atoms with E-state index in [2.05, 4.69) is 10.3 Å². The Morgan fingerprint density at radius 1 is 1.45 bits per heavy atom. The smallest absolute Gasteiger partial charge is 0.246 e. The van der Waals surface area contributed by atoms with Gasteiger partial charge < -0.3 is 15.6 Å². The molecule has 0 bridgehead atoms. The summed E-state index contributed by atoms with van der Waals surface area (Å²) in [5.74, 6) is -0.465. The number of hydrogen-bond donors (Lipinski definition) is 2. The van der Waals surface area contributed by atoms with Crippen LogP contribution in [0.4, 0.5) is 5.69 Å². The van der Waals surface area contributed by atoms with E-state index in [1.807, 2.05) is 30.5 Å². The predicted molar refractivity (Wildman–Crippen MR) is 79.6 cm³/mol. The van der Waals surface area contributed by atoms with Gasteiger partial charge in [0, 0.05) is 16.8 Å². The predicted octanol–water partition coefficient (Wildman–Crippen LogP) is 2.76. The van der Waals surface area contributed by atoms with Crippen LogP contribution in [-0.2, 0) is 4.79 Å². The molecule has 0 saturated carbocycles. The number of nitrogens with two attached hydrogens (primary N) is 1. The minimum atomic E-state index is -0.654. The van der Waals surface area contributed by atoms with Gasteiger partial charge in [0.25, 0.3) is 0 Å². The summed E-state index contributed by atoms with van der Waals surface area (Å²) in [6.07, 6.45) is 3.34. The second-order valence-corrected chi connectivity index (χ2v) is 5.25. The average Bonchev–Trinajstić information content (AvgIpc) is 2.84. The first-order chi connectivity index (χ1) is 9.49. The molecular formula is C14H17ClN4O. The van der Waals surface area contributed by atoms with Crippen molar-refractivity contribution in [1.29, 1.82) is 0 Å². The molecule has 1 amide bonds. The molecule has 0 aliphatic rings. The molecule has 1 atom stereocenters. The number of halogens is 1. The number of carbonyl (C=O) groups excluding carboxylic acids is 1. The van der Waals surface area contributed by atoms with Crippen LogP contribution in [0.3, 0.4) is 0 Å². The summed E-state index contributed by atoms with van der Waals surface area (Å²) < 4.78 is 1.91. The van der Waals surface area contributed by atoms with Crippen LogP contribution in [0, 0.1) is 0 Å². The van der Waals surface area contributed by atoms with Gasteiger partial charge in [0.15, 0.2) is 0 Å². The van der Waals surface area contributed by atoms with E-state index in [1.165, 1.54) is 0 Å². The Kier molecular flexibility index (Phi) is 4.29. The van der Waals surface area contributed by atoms with Crippen molar-refractivity contribution in [3.05, 3.63) is 47.5 Å². The molecule has 20 heavy (non-hydrogen) atoms. The summed E-state index contributed by atoms with van der Waals surface area (Å²) in [5.41, 5.74) is 6.97. The summed E-state index contributed by atoms with van der Waals surface area (Å²) in [6.45, 7) is 4.03. The fourth-order valence-corrected chi connectivity index (χ4v) is 2.20. The highest BCUT2D eigenvalue weighted by atomic mass is 35.5. The van der Waals surface area contributed by atoms with Crippen LogP contribution in [-0.4, -0.2) is 15.5 Å². The van der Waals surface area contributed by atoms with Crippen molar-refractivity contribution in [2.24, 2.45) is 5.73 Å². The van der Waals surface area contributed by atoms with Gasteiger partial charge in [-0.25, -0.2) is 4.98 Å². The van der Waals surface area contributed by atoms with Crippen molar-refractivity contribution < 1.29 is 4.79 Å². The number of rotatable bonds is 5. The fraction of sp³-hybridized carbons (Fsp3) is 0.286. The molecular weight excluding hydrogens is 276 g/mol. The fourth-order valence-electron chi connectivity index (χ4n) is 2.01. The first-order valence-corrected chi connectivity index (χ1v) is 6.70. The molecule has 0 fully saturated rings. The SMILES string of the molecule is CC(C)n1cncc1C(Nc1cccc(Cl)c1)C(N)=O. The molecule has 0 saturated heterocycles. The average molecular weight is 293 g/mol. The Bertz CT molecular complexity index is 609. The van der Waals surface area contributed by atoms with Gasteiger partial charge in [-0.1, -0.05) is 17.7 Å². The molecule has 1 aromatic carbocycles. The number of aromatic nitrogens is 2. The van der Waals surface area contributed by atoms with Crippen LogP contribution >= 0.6 is 11.6 Å². The monoisotopic (exact) mass is 292 g/mol. The van der Waals surface area contributed by atoms with E-state index < -0.39 is 11.9 Å². The van der Waals surface area contributed by atoms with Crippen molar-refractivity contribution in [2.45, 2.75) is 25.9 Å². The van der Waals surface area contributed by atoms with Crippen molar-refractivity contribution in [1.82, 2.24) is 9.55 Å². The lowest BCUT2D eigenvalue weighted by atomic mass is 10.1. The Morgan fingerprint density at radius 3 is 2.80 bits per heavy atom. The number of hydrogen-bond acceptors (Lipinski definition) is 3. The summed E-state index contributed by atoms with van der Waals surface area (Å²) >= 11 is 5.94. The summed E-state index contributed by atoms with van der Waals surface area (Å²) in [4.78, 5) is 15.8. The lowest BCUT2D eigenvalue weighted by molar-refractivity contribution is -0.119. The van der Waals surface area contributed by atoms with Gasteiger partial charge in [-0.15, -0.1) is 0 Å². The van der Waals surface area contributed by atoms with Gasteiger partial charge in [0.05, 0.1) is 18.2 Å². The number of carbonyl (C=O) groups is 1. The second kappa shape index (κ2) is 5.96. The molecule has 0 aliphatic heterocycles. The molecule has 0 spiro atoms. The van der Waals surface area contributed by atoms with Crippen LogP contribution in [0.15, 0.2) is 36.8 Å². The molecule has 1 aromatic heterocycles. The van der Waals surface area contributed by atoms with E-state index in [0.717, 1.165) is 11.4 Å². The number of anilines is 1. The number of benzene rings is 1. The maximum absolute atomic E-state index is 11.7. The first kappa shape index (κ1) is 14.4. The molecule has 106 valence electrons. The van der Waals surface area contributed by atoms with E-state index in [1.54, 1.807) is 24.7 Å². The topological polar surface area (TPSA) is 72.9 Å². The third-order valence-electron chi connectivity index (χ3n) is 2.97. The van der Waals surface area contributed by atoms with Crippen molar-refractivity contribution in [3.8, 4) is 0 Å². The molecule has 5 nitrogen and oxygen atoms in total. The Morgan fingerprint density at radius 2 is 2.20 bits per heavy atom. The van der Waals surface area contributed by atoms with Crippen molar-refractivity contribution in [2.75, 3.05) is 5.32 Å². The second-order valence-electron chi connectivity index (χ2n) is 4.81. The quantitative estimate of drug-likeness (QED) is 0.890. The minimum absolute atomic E-state index is 0.190. The Labute approximate surface area is 122 Å². The molecule has 1 heterocycles. The van der Waals surface area contributed by atoms with Gasteiger partial charge in [-0.05, 0) is 32.0 Å². The Balaban J connectivity index is 2.32. The molecule has 3 N–H and O–H groups in total.